The number of nitrogens with zero attached hydrogens (tertiary/aromatic N) is 1. The molecular formula is C23H30N2O3. The Hall–Kier alpha value is -2.82. The second-order valence-electron chi connectivity index (χ2n) is 6.82. The first-order chi connectivity index (χ1) is 13.5. The average molecular weight is 383 g/mol. The zero-order chi connectivity index (χ0) is 20.4. The highest BCUT2D eigenvalue weighted by atomic mass is 16.5. The van der Waals surface area contributed by atoms with Gasteiger partial charge in [0.15, 0.2) is 6.61 Å². The number of nitrogens with one attached hydrogen (secondary N) is 1. The molecule has 0 saturated heterocycles. The van der Waals surface area contributed by atoms with E-state index < -0.39 is 6.04 Å². The average Bonchev–Trinajstić information content (AvgIpc) is 2.72. The number of benzene rings is 2. The molecule has 2 aromatic carbocycles. The van der Waals surface area contributed by atoms with E-state index in [4.69, 9.17) is 4.74 Å². The van der Waals surface area contributed by atoms with Crippen LogP contribution >= 0.6 is 0 Å². The molecule has 0 aliphatic carbocycles. The van der Waals surface area contributed by atoms with Gasteiger partial charge in [0, 0.05) is 13.1 Å². The zero-order valence-electron chi connectivity index (χ0n) is 17.0. The van der Waals surface area contributed by atoms with Crippen LogP contribution in [0.1, 0.15) is 37.8 Å². The van der Waals surface area contributed by atoms with Gasteiger partial charge < -0.3 is 15.0 Å². The molecule has 1 atom stereocenters. The first kappa shape index (κ1) is 21.5. The number of hydrogen-bond acceptors (Lipinski definition) is 3. The Morgan fingerprint density at radius 3 is 2.32 bits per heavy atom. The van der Waals surface area contributed by atoms with E-state index in [0.29, 0.717) is 25.3 Å². The van der Waals surface area contributed by atoms with E-state index in [1.54, 1.807) is 4.90 Å². The van der Waals surface area contributed by atoms with E-state index in [-0.39, 0.29) is 18.4 Å². The van der Waals surface area contributed by atoms with Crippen LogP contribution in [0.25, 0.3) is 0 Å². The standard InChI is InChI=1S/C23H30N2O3/c1-4-15-24-23(27)21(5-2)25(16-19-9-7-6-8-10-19)22(26)17-28-20-13-11-18(3)12-14-20/h6-14,21H,4-5,15-17H2,1-3H3,(H,24,27)/t21-/m0/s1. The van der Waals surface area contributed by atoms with Crippen LogP contribution in [-0.4, -0.2) is 35.9 Å². The molecule has 1 N–H and O–H groups in total. The van der Waals surface area contributed by atoms with E-state index in [2.05, 4.69) is 5.32 Å². The number of aryl methyl sites for hydroxylation is 1. The lowest BCUT2D eigenvalue weighted by Crippen LogP contribution is -2.50. The summed E-state index contributed by atoms with van der Waals surface area (Å²) in [7, 11) is 0. The number of carbonyl (C=O) groups is 2. The molecule has 0 bridgehead atoms. The normalized spacial score (nSPS) is 11.5. The van der Waals surface area contributed by atoms with Crippen LogP contribution in [0, 0.1) is 6.92 Å². The van der Waals surface area contributed by atoms with Crippen LogP contribution in [0.5, 0.6) is 5.75 Å². The zero-order valence-corrected chi connectivity index (χ0v) is 17.0. The molecule has 0 aromatic heterocycles. The molecule has 5 nitrogen and oxygen atoms in total. The van der Waals surface area contributed by atoms with Crippen LogP contribution < -0.4 is 10.1 Å². The van der Waals surface area contributed by atoms with Gasteiger partial charge in [0.25, 0.3) is 5.91 Å². The van der Waals surface area contributed by atoms with Crippen molar-refractivity contribution in [3.05, 3.63) is 65.7 Å². The highest BCUT2D eigenvalue weighted by molar-refractivity contribution is 5.88. The minimum atomic E-state index is -0.527. The molecule has 5 heteroatoms. The van der Waals surface area contributed by atoms with Gasteiger partial charge in [-0.2, -0.15) is 0 Å². The molecule has 0 spiro atoms. The Bertz CT molecular complexity index is 744. The van der Waals surface area contributed by atoms with Crippen molar-refractivity contribution in [3.63, 3.8) is 0 Å². The highest BCUT2D eigenvalue weighted by Gasteiger charge is 2.28. The van der Waals surface area contributed by atoms with Crippen LogP contribution in [0.15, 0.2) is 54.6 Å². The van der Waals surface area contributed by atoms with Crippen molar-refractivity contribution in [2.24, 2.45) is 0 Å². The first-order valence-corrected chi connectivity index (χ1v) is 9.85. The molecule has 2 aromatic rings. The molecule has 0 fully saturated rings. The Morgan fingerprint density at radius 2 is 1.71 bits per heavy atom. The summed E-state index contributed by atoms with van der Waals surface area (Å²) in [6.07, 6.45) is 1.39. The monoisotopic (exact) mass is 382 g/mol. The van der Waals surface area contributed by atoms with Gasteiger partial charge in [-0.1, -0.05) is 61.9 Å². The van der Waals surface area contributed by atoms with Crippen molar-refractivity contribution < 1.29 is 14.3 Å². The van der Waals surface area contributed by atoms with Crippen molar-refractivity contribution in [3.8, 4) is 5.75 Å². The fourth-order valence-corrected chi connectivity index (χ4v) is 2.93. The maximum Gasteiger partial charge on any atom is 0.261 e. The molecule has 28 heavy (non-hydrogen) atoms. The second kappa shape index (κ2) is 11.1. The summed E-state index contributed by atoms with van der Waals surface area (Å²) >= 11 is 0. The minimum absolute atomic E-state index is 0.104. The first-order valence-electron chi connectivity index (χ1n) is 9.85. The third kappa shape index (κ3) is 6.41. The summed E-state index contributed by atoms with van der Waals surface area (Å²) < 4.78 is 5.67. The number of hydrogen-bond donors (Lipinski definition) is 1. The molecule has 150 valence electrons. The summed E-state index contributed by atoms with van der Waals surface area (Å²) in [6, 6.07) is 16.7. The third-order valence-corrected chi connectivity index (χ3v) is 4.51. The smallest absolute Gasteiger partial charge is 0.261 e. The van der Waals surface area contributed by atoms with Crippen LogP contribution in [-0.2, 0) is 16.1 Å². The maximum absolute atomic E-state index is 13.0. The van der Waals surface area contributed by atoms with Crippen LogP contribution in [0.4, 0.5) is 0 Å². The summed E-state index contributed by atoms with van der Waals surface area (Å²) in [5, 5.41) is 2.91. The molecular weight excluding hydrogens is 352 g/mol. The van der Waals surface area contributed by atoms with Gasteiger partial charge in [-0.3, -0.25) is 9.59 Å². The number of carbonyl (C=O) groups excluding carboxylic acids is 2. The fourth-order valence-electron chi connectivity index (χ4n) is 2.93. The minimum Gasteiger partial charge on any atom is -0.484 e. The topological polar surface area (TPSA) is 58.6 Å². The fraction of sp³-hybridized carbons (Fsp3) is 0.391. The van der Waals surface area contributed by atoms with E-state index in [1.807, 2.05) is 75.4 Å². The van der Waals surface area contributed by atoms with Crippen molar-refractivity contribution in [1.82, 2.24) is 10.2 Å². The summed E-state index contributed by atoms with van der Waals surface area (Å²) in [5.74, 6) is 0.314. The Kier molecular flexibility index (Phi) is 8.53. The molecule has 0 aliphatic rings. The van der Waals surface area contributed by atoms with Gasteiger partial charge >= 0.3 is 0 Å². The summed E-state index contributed by atoms with van der Waals surface area (Å²) in [6.45, 7) is 6.79. The largest absolute Gasteiger partial charge is 0.484 e. The Morgan fingerprint density at radius 1 is 1.04 bits per heavy atom. The van der Waals surface area contributed by atoms with E-state index in [1.165, 1.54) is 0 Å². The summed E-state index contributed by atoms with van der Waals surface area (Å²) in [5.41, 5.74) is 2.11. The SMILES string of the molecule is CCCNC(=O)[C@H](CC)N(Cc1ccccc1)C(=O)COc1ccc(C)cc1. The number of amides is 2. The van der Waals surface area contributed by atoms with Gasteiger partial charge in [0.2, 0.25) is 5.91 Å². The predicted octanol–water partition coefficient (Wildman–Crippen LogP) is 3.71. The lowest BCUT2D eigenvalue weighted by Gasteiger charge is -2.30. The van der Waals surface area contributed by atoms with Crippen molar-refractivity contribution in [2.75, 3.05) is 13.2 Å². The lowest BCUT2D eigenvalue weighted by molar-refractivity contribution is -0.143. The molecule has 0 heterocycles. The van der Waals surface area contributed by atoms with Gasteiger partial charge in [0.05, 0.1) is 0 Å². The number of ether oxygens (including phenoxy) is 1. The molecule has 2 rings (SSSR count). The maximum atomic E-state index is 13.0. The second-order valence-corrected chi connectivity index (χ2v) is 6.82. The Balaban J connectivity index is 2.14. The van der Waals surface area contributed by atoms with Gasteiger partial charge in [-0.25, -0.2) is 0 Å². The third-order valence-electron chi connectivity index (χ3n) is 4.51. The molecule has 0 radical (unpaired) electrons. The van der Waals surface area contributed by atoms with Gasteiger partial charge in [-0.05, 0) is 37.5 Å². The number of rotatable bonds is 10. The van der Waals surface area contributed by atoms with Crippen molar-refractivity contribution in [1.29, 1.82) is 0 Å². The van der Waals surface area contributed by atoms with E-state index in [0.717, 1.165) is 17.5 Å². The van der Waals surface area contributed by atoms with Gasteiger partial charge in [0.1, 0.15) is 11.8 Å². The molecule has 0 saturated carbocycles. The van der Waals surface area contributed by atoms with Crippen molar-refractivity contribution >= 4 is 11.8 Å². The van der Waals surface area contributed by atoms with Crippen LogP contribution in [0.2, 0.25) is 0 Å². The quantitative estimate of drug-likeness (QED) is 0.681. The van der Waals surface area contributed by atoms with E-state index >= 15 is 0 Å². The highest BCUT2D eigenvalue weighted by Crippen LogP contribution is 2.15. The van der Waals surface area contributed by atoms with Crippen molar-refractivity contribution in [2.45, 2.75) is 46.2 Å². The lowest BCUT2D eigenvalue weighted by atomic mass is 10.1. The predicted molar refractivity (Wildman–Crippen MR) is 111 cm³/mol. The molecule has 0 unspecified atom stereocenters. The molecule has 0 aliphatic heterocycles. The summed E-state index contributed by atoms with van der Waals surface area (Å²) in [4.78, 5) is 27.2. The Labute approximate surface area is 167 Å². The van der Waals surface area contributed by atoms with Crippen LogP contribution in [0.3, 0.4) is 0 Å². The van der Waals surface area contributed by atoms with Gasteiger partial charge in [-0.15, -0.1) is 0 Å². The van der Waals surface area contributed by atoms with E-state index in [9.17, 15) is 9.59 Å². The molecule has 2 amide bonds.